The van der Waals surface area contributed by atoms with Crippen molar-refractivity contribution in [3.05, 3.63) is 77.4 Å². The molecule has 1 N–H and O–H groups in total. The molecule has 4 rings (SSSR count). The first-order chi connectivity index (χ1) is 16.2. The zero-order valence-electron chi connectivity index (χ0n) is 18.4. The van der Waals surface area contributed by atoms with Crippen molar-refractivity contribution in [2.45, 2.75) is 19.5 Å². The predicted octanol–water partition coefficient (Wildman–Crippen LogP) is 4.61. The van der Waals surface area contributed by atoms with Gasteiger partial charge in [-0.15, -0.1) is 0 Å². The number of aryl methyl sites for hydroxylation is 1. The van der Waals surface area contributed by atoms with Crippen LogP contribution in [0.25, 0.3) is 0 Å². The van der Waals surface area contributed by atoms with Crippen LogP contribution in [-0.2, 0) is 6.18 Å². The maximum atomic E-state index is 13.2. The monoisotopic (exact) mass is 472 g/mol. The maximum absolute atomic E-state index is 13.2. The molecule has 0 saturated carbocycles. The number of aromatic nitrogens is 1. The van der Waals surface area contributed by atoms with Gasteiger partial charge < -0.3 is 19.5 Å². The number of anilines is 2. The molecule has 0 atom stereocenters. The number of pyridine rings is 1. The Kier molecular flexibility index (Phi) is 6.58. The first-order valence-electron chi connectivity index (χ1n) is 10.8. The van der Waals surface area contributed by atoms with Gasteiger partial charge in [-0.1, -0.05) is 6.07 Å². The second-order valence-electron chi connectivity index (χ2n) is 8.00. The Morgan fingerprint density at radius 2 is 1.88 bits per heavy atom. The van der Waals surface area contributed by atoms with E-state index in [4.69, 9.17) is 4.42 Å². The minimum atomic E-state index is -4.43. The molecule has 3 aromatic rings. The van der Waals surface area contributed by atoms with Gasteiger partial charge in [0.25, 0.3) is 11.8 Å². The van der Waals surface area contributed by atoms with Gasteiger partial charge in [-0.25, -0.2) is 4.98 Å². The van der Waals surface area contributed by atoms with Crippen molar-refractivity contribution in [1.82, 2.24) is 9.88 Å². The van der Waals surface area contributed by atoms with E-state index in [-0.39, 0.29) is 11.7 Å². The number of amides is 2. The summed E-state index contributed by atoms with van der Waals surface area (Å²) in [5.41, 5.74) is 0.947. The number of halogens is 3. The van der Waals surface area contributed by atoms with E-state index in [1.54, 1.807) is 35.2 Å². The average Bonchev–Trinajstić information content (AvgIpc) is 3.25. The highest BCUT2D eigenvalue weighted by Crippen LogP contribution is 2.29. The summed E-state index contributed by atoms with van der Waals surface area (Å²) in [4.78, 5) is 33.0. The lowest BCUT2D eigenvalue weighted by Crippen LogP contribution is -2.35. The number of rotatable bonds is 4. The van der Waals surface area contributed by atoms with Crippen molar-refractivity contribution in [3.63, 3.8) is 0 Å². The smallest absolute Gasteiger partial charge is 0.417 e. The summed E-state index contributed by atoms with van der Waals surface area (Å²) < 4.78 is 43.5. The highest BCUT2D eigenvalue weighted by molar-refractivity contribution is 6.04. The van der Waals surface area contributed by atoms with Crippen LogP contribution in [0.3, 0.4) is 0 Å². The molecule has 0 spiro atoms. The number of carbonyl (C=O) groups is 2. The first-order valence-corrected chi connectivity index (χ1v) is 10.8. The summed E-state index contributed by atoms with van der Waals surface area (Å²) >= 11 is 0. The predicted molar refractivity (Wildman–Crippen MR) is 120 cm³/mol. The minimum absolute atomic E-state index is 0.167. The Morgan fingerprint density at radius 1 is 1.06 bits per heavy atom. The van der Waals surface area contributed by atoms with Crippen molar-refractivity contribution < 1.29 is 27.2 Å². The second kappa shape index (κ2) is 9.58. The Bertz CT molecular complexity index is 1160. The molecule has 1 fully saturated rings. The number of alkyl halides is 3. The topological polar surface area (TPSA) is 78.7 Å². The molecule has 1 aliphatic heterocycles. The lowest BCUT2D eigenvalue weighted by atomic mass is 10.1. The third-order valence-corrected chi connectivity index (χ3v) is 5.66. The van der Waals surface area contributed by atoms with Gasteiger partial charge in [0.05, 0.1) is 11.8 Å². The summed E-state index contributed by atoms with van der Waals surface area (Å²) in [5, 5.41) is 2.77. The summed E-state index contributed by atoms with van der Waals surface area (Å²) in [7, 11) is 0. The number of hydrogen-bond donors (Lipinski definition) is 1. The van der Waals surface area contributed by atoms with E-state index in [0.29, 0.717) is 49.7 Å². The summed E-state index contributed by atoms with van der Waals surface area (Å²) in [6.45, 7) is 3.73. The Hall–Kier alpha value is -3.82. The molecule has 2 aromatic heterocycles. The van der Waals surface area contributed by atoms with Gasteiger partial charge in [0.2, 0.25) is 0 Å². The molecule has 34 heavy (non-hydrogen) atoms. The summed E-state index contributed by atoms with van der Waals surface area (Å²) in [6.07, 6.45) is -1.56. The molecule has 1 aromatic carbocycles. The van der Waals surface area contributed by atoms with Crippen molar-refractivity contribution in [2.24, 2.45) is 0 Å². The van der Waals surface area contributed by atoms with E-state index in [1.165, 1.54) is 12.3 Å². The third-order valence-electron chi connectivity index (χ3n) is 5.66. The van der Waals surface area contributed by atoms with Crippen molar-refractivity contribution in [3.8, 4) is 0 Å². The largest absolute Gasteiger partial charge is 0.459 e. The fourth-order valence-corrected chi connectivity index (χ4v) is 3.75. The summed E-state index contributed by atoms with van der Waals surface area (Å²) in [6, 6.07) is 10.6. The Balaban J connectivity index is 1.43. The van der Waals surface area contributed by atoms with E-state index >= 15 is 0 Å². The van der Waals surface area contributed by atoms with Crippen LogP contribution in [0.1, 0.15) is 38.5 Å². The van der Waals surface area contributed by atoms with Crippen molar-refractivity contribution >= 4 is 23.3 Å². The molecule has 7 nitrogen and oxygen atoms in total. The molecule has 178 valence electrons. The zero-order chi connectivity index (χ0) is 24.3. The van der Waals surface area contributed by atoms with Gasteiger partial charge in [-0.05, 0) is 55.3 Å². The standard InChI is InChI=1S/C24H23F3N4O3/c1-16-5-6-17(14-19(16)29-22(32)20-4-2-13-34-20)23(33)31-10-3-9-30(11-12-31)21-8-7-18(15-28-21)24(25,26)27/h2,4-8,13-15H,3,9-12H2,1H3,(H,29,32). The van der Waals surface area contributed by atoms with E-state index in [2.05, 4.69) is 10.3 Å². The molecular formula is C24H23F3N4O3. The lowest BCUT2D eigenvalue weighted by Gasteiger charge is -2.23. The summed E-state index contributed by atoms with van der Waals surface area (Å²) in [5.74, 6) is 0.0176. The van der Waals surface area contributed by atoms with E-state index in [1.807, 2.05) is 11.8 Å². The fraction of sp³-hybridized carbons (Fsp3) is 0.292. The van der Waals surface area contributed by atoms with Crippen molar-refractivity contribution in [1.29, 1.82) is 0 Å². The first kappa shape index (κ1) is 23.3. The van der Waals surface area contributed by atoms with Crippen LogP contribution >= 0.6 is 0 Å². The SMILES string of the molecule is Cc1ccc(C(=O)N2CCCN(c3ccc(C(F)(F)F)cn3)CC2)cc1NC(=O)c1ccco1. The molecule has 2 amide bonds. The van der Waals surface area contributed by atoms with Gasteiger partial charge in [-0.2, -0.15) is 13.2 Å². The maximum Gasteiger partial charge on any atom is 0.417 e. The van der Waals surface area contributed by atoms with Crippen LogP contribution in [0, 0.1) is 6.92 Å². The van der Waals surface area contributed by atoms with Crippen LogP contribution in [0.2, 0.25) is 0 Å². The van der Waals surface area contributed by atoms with Gasteiger partial charge in [0.1, 0.15) is 5.82 Å². The van der Waals surface area contributed by atoms with E-state index < -0.39 is 17.6 Å². The number of carbonyl (C=O) groups excluding carboxylic acids is 2. The molecule has 3 heterocycles. The fourth-order valence-electron chi connectivity index (χ4n) is 3.75. The van der Waals surface area contributed by atoms with Crippen LogP contribution in [-0.4, -0.2) is 47.9 Å². The normalized spacial score (nSPS) is 14.6. The molecule has 0 bridgehead atoms. The molecule has 10 heteroatoms. The lowest BCUT2D eigenvalue weighted by molar-refractivity contribution is -0.137. The minimum Gasteiger partial charge on any atom is -0.459 e. The average molecular weight is 472 g/mol. The number of nitrogens with one attached hydrogen (secondary N) is 1. The second-order valence-corrected chi connectivity index (χ2v) is 8.00. The molecule has 0 unspecified atom stereocenters. The Labute approximate surface area is 194 Å². The van der Waals surface area contributed by atoms with Crippen LogP contribution in [0.4, 0.5) is 24.7 Å². The number of nitrogens with zero attached hydrogens (tertiary/aromatic N) is 3. The van der Waals surface area contributed by atoms with E-state index in [0.717, 1.165) is 17.8 Å². The number of benzene rings is 1. The third kappa shape index (κ3) is 5.22. The number of hydrogen-bond acceptors (Lipinski definition) is 5. The van der Waals surface area contributed by atoms with Crippen molar-refractivity contribution in [2.75, 3.05) is 36.4 Å². The number of furan rings is 1. The highest BCUT2D eigenvalue weighted by atomic mass is 19.4. The van der Waals surface area contributed by atoms with Gasteiger partial charge in [0, 0.05) is 43.6 Å². The van der Waals surface area contributed by atoms with Crippen LogP contribution < -0.4 is 10.2 Å². The Morgan fingerprint density at radius 3 is 2.56 bits per heavy atom. The van der Waals surface area contributed by atoms with Gasteiger partial charge in [0.15, 0.2) is 5.76 Å². The zero-order valence-corrected chi connectivity index (χ0v) is 18.4. The molecule has 0 aliphatic carbocycles. The van der Waals surface area contributed by atoms with Gasteiger partial charge >= 0.3 is 6.18 Å². The molecule has 1 aliphatic rings. The molecule has 0 radical (unpaired) electrons. The van der Waals surface area contributed by atoms with E-state index in [9.17, 15) is 22.8 Å². The van der Waals surface area contributed by atoms with Crippen LogP contribution in [0.15, 0.2) is 59.3 Å². The molecular weight excluding hydrogens is 449 g/mol. The quantitative estimate of drug-likeness (QED) is 0.600. The molecule has 1 saturated heterocycles. The highest BCUT2D eigenvalue weighted by Gasteiger charge is 2.31. The van der Waals surface area contributed by atoms with Crippen LogP contribution in [0.5, 0.6) is 0 Å². The van der Waals surface area contributed by atoms with Gasteiger partial charge in [-0.3, -0.25) is 9.59 Å².